The van der Waals surface area contributed by atoms with Gasteiger partial charge >= 0.3 is 5.97 Å². The van der Waals surface area contributed by atoms with E-state index in [1.165, 1.54) is 0 Å². The fourth-order valence-corrected chi connectivity index (χ4v) is 2.04. The molecule has 0 saturated heterocycles. The zero-order chi connectivity index (χ0) is 15.3. The number of rotatable bonds is 7. The molecule has 0 fully saturated rings. The summed E-state index contributed by atoms with van der Waals surface area (Å²) in [5, 5.41) is 12.3. The lowest BCUT2D eigenvalue weighted by molar-refractivity contribution is -0.140. The van der Waals surface area contributed by atoms with Gasteiger partial charge in [-0.05, 0) is 30.5 Å². The minimum Gasteiger partial charge on any atom is -0.493 e. The quantitative estimate of drug-likeness (QED) is 0.803. The number of hydrogen-bond donors (Lipinski definition) is 2. The zero-order valence-corrected chi connectivity index (χ0v) is 12.6. The third-order valence-electron chi connectivity index (χ3n) is 3.27. The van der Waals surface area contributed by atoms with Crippen LogP contribution in [0.15, 0.2) is 18.2 Å². The monoisotopic (exact) mass is 281 g/mol. The molecular weight excluding hydrogens is 258 g/mol. The third-order valence-corrected chi connectivity index (χ3v) is 3.27. The molecule has 0 aromatic heterocycles. The van der Waals surface area contributed by atoms with Crippen LogP contribution in [0.25, 0.3) is 0 Å². The minimum absolute atomic E-state index is 0.00935. The lowest BCUT2D eigenvalue weighted by Crippen LogP contribution is -2.42. The van der Waals surface area contributed by atoms with E-state index in [0.29, 0.717) is 11.5 Å². The van der Waals surface area contributed by atoms with E-state index in [1.807, 2.05) is 39.0 Å². The zero-order valence-electron chi connectivity index (χ0n) is 12.6. The topological polar surface area (TPSA) is 67.8 Å². The molecule has 0 aliphatic rings. The summed E-state index contributed by atoms with van der Waals surface area (Å²) in [6.07, 6.45) is 0. The van der Waals surface area contributed by atoms with E-state index in [4.69, 9.17) is 9.47 Å². The van der Waals surface area contributed by atoms with E-state index >= 15 is 0 Å². The van der Waals surface area contributed by atoms with Crippen molar-refractivity contribution in [1.29, 1.82) is 0 Å². The number of benzene rings is 1. The molecule has 2 N–H and O–H groups in total. The Morgan fingerprint density at radius 1 is 1.15 bits per heavy atom. The number of ether oxygens (including phenoxy) is 2. The lowest BCUT2D eigenvalue weighted by atomic mass is 10.0. The van der Waals surface area contributed by atoms with Gasteiger partial charge in [0.25, 0.3) is 0 Å². The molecule has 0 aliphatic heterocycles. The first-order chi connectivity index (χ1) is 9.40. The molecule has 0 spiro atoms. The van der Waals surface area contributed by atoms with Gasteiger partial charge in [-0.3, -0.25) is 10.1 Å². The second kappa shape index (κ2) is 7.14. The Balaban J connectivity index is 2.91. The molecule has 0 amide bonds. The molecule has 112 valence electrons. The smallest absolute Gasteiger partial charge is 0.320 e. The van der Waals surface area contributed by atoms with Gasteiger partial charge in [0.05, 0.1) is 14.2 Å². The van der Waals surface area contributed by atoms with Crippen LogP contribution in [0.1, 0.15) is 32.4 Å². The number of carboxylic acids is 1. The van der Waals surface area contributed by atoms with Crippen molar-refractivity contribution < 1.29 is 19.4 Å². The fourth-order valence-electron chi connectivity index (χ4n) is 2.04. The van der Waals surface area contributed by atoms with Gasteiger partial charge in [-0.2, -0.15) is 0 Å². The Kier molecular flexibility index (Phi) is 5.82. The largest absolute Gasteiger partial charge is 0.493 e. The molecule has 0 saturated carbocycles. The summed E-state index contributed by atoms with van der Waals surface area (Å²) in [5.74, 6) is 0.458. The summed E-state index contributed by atoms with van der Waals surface area (Å²) in [6, 6.07) is 4.89. The predicted molar refractivity (Wildman–Crippen MR) is 77.4 cm³/mol. The highest BCUT2D eigenvalue weighted by atomic mass is 16.5. The van der Waals surface area contributed by atoms with Gasteiger partial charge in [0, 0.05) is 6.04 Å². The average molecular weight is 281 g/mol. The molecular formula is C15H23NO4. The van der Waals surface area contributed by atoms with Gasteiger partial charge in [-0.15, -0.1) is 0 Å². The van der Waals surface area contributed by atoms with Crippen molar-refractivity contribution in [2.45, 2.75) is 32.9 Å². The first kappa shape index (κ1) is 16.3. The van der Waals surface area contributed by atoms with Crippen LogP contribution in [-0.2, 0) is 4.79 Å². The molecule has 2 atom stereocenters. The van der Waals surface area contributed by atoms with Crippen LogP contribution in [0, 0.1) is 5.92 Å². The molecule has 0 bridgehead atoms. The highest BCUT2D eigenvalue weighted by molar-refractivity contribution is 5.73. The number of hydrogen-bond acceptors (Lipinski definition) is 4. The average Bonchev–Trinajstić information content (AvgIpc) is 2.42. The molecule has 0 heterocycles. The first-order valence-corrected chi connectivity index (χ1v) is 6.61. The van der Waals surface area contributed by atoms with Crippen LogP contribution in [0.5, 0.6) is 11.5 Å². The van der Waals surface area contributed by atoms with Crippen LogP contribution in [0.4, 0.5) is 0 Å². The lowest BCUT2D eigenvalue weighted by Gasteiger charge is -2.23. The van der Waals surface area contributed by atoms with Crippen molar-refractivity contribution in [2.24, 2.45) is 5.92 Å². The SMILES string of the molecule is COc1ccc(C(C)NC(C(=O)O)C(C)C)cc1OC. The molecule has 2 unspecified atom stereocenters. The molecule has 1 rings (SSSR count). The molecule has 20 heavy (non-hydrogen) atoms. The van der Waals surface area contributed by atoms with Crippen molar-refractivity contribution in [3.63, 3.8) is 0 Å². The standard InChI is InChI=1S/C15H23NO4/c1-9(2)14(15(17)18)16-10(3)11-6-7-12(19-4)13(8-11)20-5/h6-10,14,16H,1-5H3,(H,17,18). The Morgan fingerprint density at radius 2 is 1.75 bits per heavy atom. The normalized spacial score (nSPS) is 13.9. The van der Waals surface area contributed by atoms with Crippen molar-refractivity contribution in [3.8, 4) is 11.5 Å². The van der Waals surface area contributed by atoms with Gasteiger partial charge < -0.3 is 14.6 Å². The van der Waals surface area contributed by atoms with Gasteiger partial charge in [-0.1, -0.05) is 19.9 Å². The number of carboxylic acid groups (broad SMARTS) is 1. The Morgan fingerprint density at radius 3 is 2.20 bits per heavy atom. The van der Waals surface area contributed by atoms with Crippen LogP contribution < -0.4 is 14.8 Å². The van der Waals surface area contributed by atoms with Gasteiger partial charge in [0.15, 0.2) is 11.5 Å². The maximum Gasteiger partial charge on any atom is 0.320 e. The van der Waals surface area contributed by atoms with Gasteiger partial charge in [-0.25, -0.2) is 0 Å². The van der Waals surface area contributed by atoms with Crippen molar-refractivity contribution >= 4 is 5.97 Å². The predicted octanol–water partition coefficient (Wildman–Crippen LogP) is 2.46. The summed E-state index contributed by atoms with van der Waals surface area (Å²) in [6.45, 7) is 5.69. The van der Waals surface area contributed by atoms with Crippen LogP contribution in [-0.4, -0.2) is 31.3 Å². The Hall–Kier alpha value is -1.75. The van der Waals surface area contributed by atoms with Crippen molar-refractivity contribution in [1.82, 2.24) is 5.32 Å². The minimum atomic E-state index is -0.840. The molecule has 5 heteroatoms. The summed E-state index contributed by atoms with van der Waals surface area (Å²) in [5.41, 5.74) is 0.953. The maximum atomic E-state index is 11.2. The highest BCUT2D eigenvalue weighted by Crippen LogP contribution is 2.30. The molecule has 0 radical (unpaired) electrons. The Bertz CT molecular complexity index is 459. The summed E-state index contributed by atoms with van der Waals surface area (Å²) < 4.78 is 10.4. The number of methoxy groups -OCH3 is 2. The van der Waals surface area contributed by atoms with Gasteiger partial charge in [0.1, 0.15) is 6.04 Å². The van der Waals surface area contributed by atoms with E-state index in [-0.39, 0.29) is 12.0 Å². The van der Waals surface area contributed by atoms with Crippen LogP contribution in [0.3, 0.4) is 0 Å². The second-order valence-electron chi connectivity index (χ2n) is 5.06. The number of aliphatic carboxylic acids is 1. The van der Waals surface area contributed by atoms with E-state index in [0.717, 1.165) is 5.56 Å². The number of nitrogens with one attached hydrogen (secondary N) is 1. The fraction of sp³-hybridized carbons (Fsp3) is 0.533. The van der Waals surface area contributed by atoms with Crippen LogP contribution in [0.2, 0.25) is 0 Å². The van der Waals surface area contributed by atoms with E-state index in [1.54, 1.807) is 14.2 Å². The van der Waals surface area contributed by atoms with Gasteiger partial charge in [0.2, 0.25) is 0 Å². The first-order valence-electron chi connectivity index (χ1n) is 6.61. The molecule has 1 aromatic rings. The molecule has 5 nitrogen and oxygen atoms in total. The molecule has 1 aromatic carbocycles. The highest BCUT2D eigenvalue weighted by Gasteiger charge is 2.23. The summed E-state index contributed by atoms with van der Waals surface area (Å²) >= 11 is 0. The third kappa shape index (κ3) is 3.87. The maximum absolute atomic E-state index is 11.2. The van der Waals surface area contributed by atoms with E-state index < -0.39 is 12.0 Å². The van der Waals surface area contributed by atoms with E-state index in [9.17, 15) is 9.90 Å². The van der Waals surface area contributed by atoms with Crippen LogP contribution >= 0.6 is 0 Å². The number of carbonyl (C=O) groups is 1. The summed E-state index contributed by atoms with van der Waals surface area (Å²) in [7, 11) is 3.16. The van der Waals surface area contributed by atoms with Crippen molar-refractivity contribution in [3.05, 3.63) is 23.8 Å². The van der Waals surface area contributed by atoms with Crippen molar-refractivity contribution in [2.75, 3.05) is 14.2 Å². The summed E-state index contributed by atoms with van der Waals surface area (Å²) in [4.78, 5) is 11.2. The Labute approximate surface area is 119 Å². The van der Waals surface area contributed by atoms with E-state index in [2.05, 4.69) is 5.32 Å². The molecule has 0 aliphatic carbocycles. The second-order valence-corrected chi connectivity index (χ2v) is 5.06.